The SMILES string of the molecule is CNCC(c1ccccc1)N(CCN(C)C)CC(C)C. The van der Waals surface area contributed by atoms with Crippen molar-refractivity contribution >= 4 is 0 Å². The molecule has 0 fully saturated rings. The molecule has 1 unspecified atom stereocenters. The first-order valence-electron chi connectivity index (χ1n) is 7.63. The molecule has 0 bridgehead atoms. The van der Waals surface area contributed by atoms with Crippen LogP contribution in [0.1, 0.15) is 25.5 Å². The average molecular weight is 277 g/mol. The molecular formula is C17H31N3. The number of hydrogen-bond acceptors (Lipinski definition) is 3. The summed E-state index contributed by atoms with van der Waals surface area (Å²) in [5.41, 5.74) is 1.40. The maximum Gasteiger partial charge on any atom is 0.0473 e. The van der Waals surface area contributed by atoms with Crippen LogP contribution in [0.5, 0.6) is 0 Å². The Morgan fingerprint density at radius 2 is 1.70 bits per heavy atom. The maximum atomic E-state index is 3.35. The lowest BCUT2D eigenvalue weighted by Gasteiger charge is -2.34. The van der Waals surface area contributed by atoms with E-state index in [2.05, 4.69) is 73.4 Å². The summed E-state index contributed by atoms with van der Waals surface area (Å²) in [6.45, 7) is 8.92. The summed E-state index contributed by atoms with van der Waals surface area (Å²) in [5.74, 6) is 0.681. The molecule has 3 nitrogen and oxygen atoms in total. The smallest absolute Gasteiger partial charge is 0.0473 e. The molecule has 0 aromatic heterocycles. The van der Waals surface area contributed by atoms with Gasteiger partial charge in [0, 0.05) is 32.2 Å². The van der Waals surface area contributed by atoms with Crippen LogP contribution >= 0.6 is 0 Å². The van der Waals surface area contributed by atoms with E-state index < -0.39 is 0 Å². The van der Waals surface area contributed by atoms with Gasteiger partial charge in [-0.1, -0.05) is 44.2 Å². The van der Waals surface area contributed by atoms with E-state index >= 15 is 0 Å². The van der Waals surface area contributed by atoms with Crippen LogP contribution in [0.4, 0.5) is 0 Å². The quantitative estimate of drug-likeness (QED) is 0.748. The molecule has 3 heteroatoms. The highest BCUT2D eigenvalue weighted by molar-refractivity contribution is 5.19. The Bertz CT molecular complexity index is 349. The number of benzene rings is 1. The normalized spacial score (nSPS) is 13.4. The van der Waals surface area contributed by atoms with E-state index in [0.717, 1.165) is 26.2 Å². The molecule has 0 amide bonds. The molecule has 1 aromatic carbocycles. The molecule has 1 aromatic rings. The lowest BCUT2D eigenvalue weighted by atomic mass is 10.0. The van der Waals surface area contributed by atoms with Crippen molar-refractivity contribution in [2.75, 3.05) is 47.3 Å². The first kappa shape index (κ1) is 17.2. The van der Waals surface area contributed by atoms with Gasteiger partial charge in [0.1, 0.15) is 0 Å². The van der Waals surface area contributed by atoms with Crippen LogP contribution in [0.25, 0.3) is 0 Å². The second kappa shape index (κ2) is 9.11. The topological polar surface area (TPSA) is 18.5 Å². The summed E-state index contributed by atoms with van der Waals surface area (Å²) < 4.78 is 0. The molecule has 1 rings (SSSR count). The van der Waals surface area contributed by atoms with Crippen LogP contribution in [0.15, 0.2) is 30.3 Å². The maximum absolute atomic E-state index is 3.35. The zero-order valence-corrected chi connectivity index (χ0v) is 13.8. The molecule has 0 aliphatic heterocycles. The van der Waals surface area contributed by atoms with Gasteiger partial charge < -0.3 is 10.2 Å². The molecule has 1 N–H and O–H groups in total. The summed E-state index contributed by atoms with van der Waals surface area (Å²) in [5, 5.41) is 3.35. The third-order valence-corrected chi connectivity index (χ3v) is 3.46. The molecule has 114 valence electrons. The highest BCUT2D eigenvalue weighted by Crippen LogP contribution is 2.21. The number of nitrogens with zero attached hydrogens (tertiary/aromatic N) is 2. The molecule has 1 atom stereocenters. The molecule has 0 aliphatic rings. The summed E-state index contributed by atoms with van der Waals surface area (Å²) in [6.07, 6.45) is 0. The van der Waals surface area contributed by atoms with Crippen molar-refractivity contribution in [3.8, 4) is 0 Å². The van der Waals surface area contributed by atoms with Crippen LogP contribution < -0.4 is 5.32 Å². The molecule has 0 radical (unpaired) electrons. The van der Waals surface area contributed by atoms with Gasteiger partial charge in [-0.05, 0) is 32.6 Å². The van der Waals surface area contributed by atoms with E-state index in [9.17, 15) is 0 Å². The van der Waals surface area contributed by atoms with Crippen LogP contribution in [0.3, 0.4) is 0 Å². The number of nitrogens with one attached hydrogen (secondary N) is 1. The molecule has 0 spiro atoms. The minimum atomic E-state index is 0.448. The Kier molecular flexibility index (Phi) is 7.82. The highest BCUT2D eigenvalue weighted by Gasteiger charge is 2.20. The molecule has 0 saturated carbocycles. The Morgan fingerprint density at radius 1 is 1.05 bits per heavy atom. The van der Waals surface area contributed by atoms with Gasteiger partial charge in [0.05, 0.1) is 0 Å². The van der Waals surface area contributed by atoms with Gasteiger partial charge in [0.2, 0.25) is 0 Å². The van der Waals surface area contributed by atoms with Gasteiger partial charge in [-0.2, -0.15) is 0 Å². The standard InChI is InChI=1S/C17H31N3/c1-15(2)14-20(12-11-19(4)5)17(13-18-3)16-9-7-6-8-10-16/h6-10,15,17-18H,11-14H2,1-5H3. The fourth-order valence-corrected chi connectivity index (χ4v) is 2.50. The first-order valence-corrected chi connectivity index (χ1v) is 7.63. The van der Waals surface area contributed by atoms with Crippen LogP contribution in [-0.4, -0.2) is 57.1 Å². The molecular weight excluding hydrogens is 246 g/mol. The van der Waals surface area contributed by atoms with Crippen LogP contribution in [0, 0.1) is 5.92 Å². The van der Waals surface area contributed by atoms with Gasteiger partial charge in [0.15, 0.2) is 0 Å². The Labute approximate surface area is 125 Å². The van der Waals surface area contributed by atoms with E-state index in [-0.39, 0.29) is 0 Å². The lowest BCUT2D eigenvalue weighted by molar-refractivity contribution is 0.158. The van der Waals surface area contributed by atoms with Crippen LogP contribution in [-0.2, 0) is 0 Å². The fraction of sp³-hybridized carbons (Fsp3) is 0.647. The second-order valence-corrected chi connectivity index (χ2v) is 6.18. The van der Waals surface area contributed by atoms with E-state index in [1.54, 1.807) is 0 Å². The first-order chi connectivity index (χ1) is 9.54. The molecule has 0 aliphatic carbocycles. The zero-order valence-electron chi connectivity index (χ0n) is 13.8. The van der Waals surface area contributed by atoms with Crippen molar-refractivity contribution in [1.29, 1.82) is 0 Å². The summed E-state index contributed by atoms with van der Waals surface area (Å²) >= 11 is 0. The lowest BCUT2D eigenvalue weighted by Crippen LogP contribution is -2.40. The monoisotopic (exact) mass is 277 g/mol. The number of rotatable bonds is 9. The van der Waals surface area contributed by atoms with Crippen molar-refractivity contribution in [2.24, 2.45) is 5.92 Å². The Hall–Kier alpha value is -0.900. The van der Waals surface area contributed by atoms with Gasteiger partial charge in [-0.15, -0.1) is 0 Å². The third-order valence-electron chi connectivity index (χ3n) is 3.46. The number of likely N-dealkylation sites (N-methyl/N-ethyl adjacent to an activating group) is 2. The van der Waals surface area contributed by atoms with Gasteiger partial charge >= 0.3 is 0 Å². The van der Waals surface area contributed by atoms with Crippen molar-refractivity contribution in [3.05, 3.63) is 35.9 Å². The molecule has 0 saturated heterocycles. The predicted molar refractivity (Wildman–Crippen MR) is 88.1 cm³/mol. The van der Waals surface area contributed by atoms with Crippen molar-refractivity contribution in [1.82, 2.24) is 15.1 Å². The summed E-state index contributed by atoms with van der Waals surface area (Å²) in [6, 6.07) is 11.3. The van der Waals surface area contributed by atoms with Crippen LogP contribution in [0.2, 0.25) is 0 Å². The third kappa shape index (κ3) is 6.04. The molecule has 0 heterocycles. The zero-order chi connectivity index (χ0) is 15.0. The molecule has 20 heavy (non-hydrogen) atoms. The summed E-state index contributed by atoms with van der Waals surface area (Å²) in [4.78, 5) is 4.87. The van der Waals surface area contributed by atoms with Crippen molar-refractivity contribution < 1.29 is 0 Å². The van der Waals surface area contributed by atoms with E-state index in [0.29, 0.717) is 12.0 Å². The van der Waals surface area contributed by atoms with E-state index in [4.69, 9.17) is 0 Å². The van der Waals surface area contributed by atoms with E-state index in [1.807, 2.05) is 7.05 Å². The summed E-state index contributed by atoms with van der Waals surface area (Å²) in [7, 11) is 6.32. The minimum Gasteiger partial charge on any atom is -0.318 e. The largest absolute Gasteiger partial charge is 0.318 e. The van der Waals surface area contributed by atoms with Gasteiger partial charge in [-0.25, -0.2) is 0 Å². The second-order valence-electron chi connectivity index (χ2n) is 6.18. The average Bonchev–Trinajstić information content (AvgIpc) is 2.41. The van der Waals surface area contributed by atoms with E-state index in [1.165, 1.54) is 5.56 Å². The van der Waals surface area contributed by atoms with Gasteiger partial charge in [-0.3, -0.25) is 4.90 Å². The minimum absolute atomic E-state index is 0.448. The van der Waals surface area contributed by atoms with Gasteiger partial charge in [0.25, 0.3) is 0 Å². The van der Waals surface area contributed by atoms with Crippen molar-refractivity contribution in [2.45, 2.75) is 19.9 Å². The predicted octanol–water partition coefficient (Wildman–Crippen LogP) is 2.47. The Morgan fingerprint density at radius 3 is 2.20 bits per heavy atom. The Balaban J connectivity index is 2.85. The fourth-order valence-electron chi connectivity index (χ4n) is 2.50. The number of hydrogen-bond donors (Lipinski definition) is 1. The highest BCUT2D eigenvalue weighted by atomic mass is 15.2. The van der Waals surface area contributed by atoms with Crippen molar-refractivity contribution in [3.63, 3.8) is 0 Å².